The minimum Gasteiger partial charge on any atom is -0.339 e. The Hall–Kier alpha value is -1.94. The third-order valence-electron chi connectivity index (χ3n) is 4.36. The van der Waals surface area contributed by atoms with E-state index in [0.29, 0.717) is 5.92 Å². The van der Waals surface area contributed by atoms with E-state index in [1.165, 1.54) is 5.39 Å². The Labute approximate surface area is 117 Å². The summed E-state index contributed by atoms with van der Waals surface area (Å²) < 4.78 is 0. The van der Waals surface area contributed by atoms with Gasteiger partial charge in [0.1, 0.15) is 11.5 Å². The molecule has 102 valence electrons. The first-order chi connectivity index (χ1) is 9.81. The van der Waals surface area contributed by atoms with Crippen molar-refractivity contribution >= 4 is 21.9 Å². The molecule has 0 radical (unpaired) electrons. The number of hydrogen-bond donors (Lipinski definition) is 1. The lowest BCUT2D eigenvalue weighted by molar-refractivity contribution is 0.251. The minimum absolute atomic E-state index is 0.502. The van der Waals surface area contributed by atoms with Crippen molar-refractivity contribution in [3.8, 4) is 0 Å². The molecule has 0 saturated carbocycles. The van der Waals surface area contributed by atoms with Crippen LogP contribution in [0.3, 0.4) is 0 Å². The molecular formula is C16H18N4. The lowest BCUT2D eigenvalue weighted by atomic mass is 9.96. The average molecular weight is 266 g/mol. The van der Waals surface area contributed by atoms with Crippen LogP contribution in [0.1, 0.15) is 24.6 Å². The van der Waals surface area contributed by atoms with Crippen molar-refractivity contribution < 1.29 is 0 Å². The number of benzene rings is 1. The molecule has 3 aromatic rings. The number of fused-ring (bicyclic) bond motifs is 3. The van der Waals surface area contributed by atoms with E-state index in [1.807, 2.05) is 12.3 Å². The highest BCUT2D eigenvalue weighted by atomic mass is 15.1. The summed E-state index contributed by atoms with van der Waals surface area (Å²) >= 11 is 0. The molecule has 1 aliphatic rings. The van der Waals surface area contributed by atoms with Gasteiger partial charge in [-0.15, -0.1) is 0 Å². The van der Waals surface area contributed by atoms with E-state index in [0.717, 1.165) is 48.3 Å². The van der Waals surface area contributed by atoms with Crippen LogP contribution in [0.15, 0.2) is 30.5 Å². The molecule has 1 fully saturated rings. The molecule has 0 amide bonds. The van der Waals surface area contributed by atoms with E-state index in [1.54, 1.807) is 0 Å². The van der Waals surface area contributed by atoms with Gasteiger partial charge in [0, 0.05) is 28.4 Å². The fourth-order valence-electron chi connectivity index (χ4n) is 3.11. The van der Waals surface area contributed by atoms with Gasteiger partial charge in [-0.3, -0.25) is 0 Å². The summed E-state index contributed by atoms with van der Waals surface area (Å²) in [5.74, 6) is 1.50. The molecule has 1 aromatic carbocycles. The van der Waals surface area contributed by atoms with Crippen molar-refractivity contribution in [1.29, 1.82) is 0 Å². The molecule has 0 unspecified atom stereocenters. The molecule has 0 aliphatic carbocycles. The second-order valence-corrected chi connectivity index (χ2v) is 5.74. The van der Waals surface area contributed by atoms with Gasteiger partial charge in [0.15, 0.2) is 0 Å². The Morgan fingerprint density at radius 3 is 2.80 bits per heavy atom. The van der Waals surface area contributed by atoms with Crippen molar-refractivity contribution in [1.82, 2.24) is 19.9 Å². The second kappa shape index (κ2) is 4.56. The van der Waals surface area contributed by atoms with Crippen molar-refractivity contribution in [2.75, 3.05) is 20.1 Å². The number of hydrogen-bond acceptors (Lipinski definition) is 3. The number of rotatable bonds is 1. The number of piperidine rings is 1. The van der Waals surface area contributed by atoms with Crippen LogP contribution in [-0.4, -0.2) is 40.0 Å². The predicted molar refractivity (Wildman–Crippen MR) is 80.9 cm³/mol. The summed E-state index contributed by atoms with van der Waals surface area (Å²) in [6.07, 6.45) is 4.29. The molecule has 1 N–H and O–H groups in total. The van der Waals surface area contributed by atoms with E-state index in [-0.39, 0.29) is 0 Å². The maximum absolute atomic E-state index is 4.78. The highest BCUT2D eigenvalue weighted by Gasteiger charge is 2.21. The Morgan fingerprint density at radius 2 is 1.95 bits per heavy atom. The van der Waals surface area contributed by atoms with Gasteiger partial charge in [0.25, 0.3) is 0 Å². The summed E-state index contributed by atoms with van der Waals surface area (Å²) in [6.45, 7) is 2.28. The molecular weight excluding hydrogens is 248 g/mol. The average Bonchev–Trinajstić information content (AvgIpc) is 2.85. The smallest absolute Gasteiger partial charge is 0.142 e. The normalized spacial score (nSPS) is 18.1. The minimum atomic E-state index is 0.502. The van der Waals surface area contributed by atoms with Gasteiger partial charge < -0.3 is 9.88 Å². The zero-order valence-corrected chi connectivity index (χ0v) is 11.6. The maximum atomic E-state index is 4.78. The van der Waals surface area contributed by atoms with Crippen LogP contribution in [0.2, 0.25) is 0 Å². The van der Waals surface area contributed by atoms with Crippen molar-refractivity contribution in [3.63, 3.8) is 0 Å². The van der Waals surface area contributed by atoms with Gasteiger partial charge in [-0.05, 0) is 39.0 Å². The molecule has 2 aromatic heterocycles. The summed E-state index contributed by atoms with van der Waals surface area (Å²) in [4.78, 5) is 15.2. The number of aromatic amines is 1. The molecule has 0 atom stereocenters. The highest BCUT2D eigenvalue weighted by Crippen LogP contribution is 2.28. The first kappa shape index (κ1) is 11.9. The Balaban J connectivity index is 1.77. The molecule has 3 heterocycles. The number of H-pyrrole nitrogens is 1. The van der Waals surface area contributed by atoms with Crippen LogP contribution in [-0.2, 0) is 0 Å². The van der Waals surface area contributed by atoms with Crippen LogP contribution in [0.25, 0.3) is 21.9 Å². The lowest BCUT2D eigenvalue weighted by Crippen LogP contribution is -2.29. The number of likely N-dealkylation sites (tertiary alicyclic amines) is 1. The monoisotopic (exact) mass is 266 g/mol. The van der Waals surface area contributed by atoms with E-state index in [2.05, 4.69) is 40.1 Å². The quantitative estimate of drug-likeness (QED) is 0.736. The van der Waals surface area contributed by atoms with Crippen LogP contribution in [0.4, 0.5) is 0 Å². The second-order valence-electron chi connectivity index (χ2n) is 5.74. The standard InChI is InChI=1S/C16H18N4/c1-20-8-6-11(7-9-20)15-17-10-13-12-4-2-3-5-14(12)18-16(13)19-15/h2-5,10-11H,6-9H2,1H3,(H,17,18,19). The molecule has 20 heavy (non-hydrogen) atoms. The summed E-state index contributed by atoms with van der Waals surface area (Å²) in [7, 11) is 2.18. The fourth-order valence-corrected chi connectivity index (χ4v) is 3.11. The largest absolute Gasteiger partial charge is 0.339 e. The van der Waals surface area contributed by atoms with E-state index >= 15 is 0 Å². The maximum Gasteiger partial charge on any atom is 0.142 e. The first-order valence-electron chi connectivity index (χ1n) is 7.23. The van der Waals surface area contributed by atoms with Gasteiger partial charge in [0.05, 0.1) is 0 Å². The van der Waals surface area contributed by atoms with Gasteiger partial charge in [-0.2, -0.15) is 0 Å². The molecule has 0 bridgehead atoms. The van der Waals surface area contributed by atoms with Crippen molar-refractivity contribution in [3.05, 3.63) is 36.3 Å². The number of nitrogens with zero attached hydrogens (tertiary/aromatic N) is 3. The molecule has 4 nitrogen and oxygen atoms in total. The van der Waals surface area contributed by atoms with E-state index in [4.69, 9.17) is 4.98 Å². The predicted octanol–water partition coefficient (Wildman–Crippen LogP) is 2.92. The molecule has 1 aliphatic heterocycles. The SMILES string of the molecule is CN1CCC(c2ncc3c(n2)[nH]c2ccccc23)CC1. The van der Waals surface area contributed by atoms with Crippen LogP contribution in [0, 0.1) is 0 Å². The van der Waals surface area contributed by atoms with Crippen molar-refractivity contribution in [2.24, 2.45) is 0 Å². The van der Waals surface area contributed by atoms with Gasteiger partial charge >= 0.3 is 0 Å². The third-order valence-corrected chi connectivity index (χ3v) is 4.36. The third kappa shape index (κ3) is 1.88. The van der Waals surface area contributed by atoms with Crippen LogP contribution in [0.5, 0.6) is 0 Å². The topological polar surface area (TPSA) is 44.8 Å². The number of para-hydroxylation sites is 1. The highest BCUT2D eigenvalue weighted by molar-refractivity contribution is 6.05. The number of aromatic nitrogens is 3. The Morgan fingerprint density at radius 1 is 1.15 bits per heavy atom. The molecule has 4 heteroatoms. The Bertz CT molecular complexity index is 753. The summed E-state index contributed by atoms with van der Waals surface area (Å²) in [5.41, 5.74) is 2.10. The van der Waals surface area contributed by atoms with Gasteiger partial charge in [-0.1, -0.05) is 18.2 Å². The van der Waals surface area contributed by atoms with E-state index in [9.17, 15) is 0 Å². The van der Waals surface area contributed by atoms with Gasteiger partial charge in [0.2, 0.25) is 0 Å². The molecule has 1 saturated heterocycles. The Kier molecular flexibility index (Phi) is 2.70. The zero-order valence-electron chi connectivity index (χ0n) is 11.6. The van der Waals surface area contributed by atoms with Crippen LogP contribution >= 0.6 is 0 Å². The fraction of sp³-hybridized carbons (Fsp3) is 0.375. The van der Waals surface area contributed by atoms with Crippen LogP contribution < -0.4 is 0 Å². The van der Waals surface area contributed by atoms with Gasteiger partial charge in [-0.25, -0.2) is 9.97 Å². The summed E-state index contributed by atoms with van der Waals surface area (Å²) in [6, 6.07) is 8.31. The summed E-state index contributed by atoms with van der Waals surface area (Å²) in [5, 5.41) is 2.33. The molecule has 4 rings (SSSR count). The zero-order chi connectivity index (χ0) is 13.5. The van der Waals surface area contributed by atoms with E-state index < -0.39 is 0 Å². The van der Waals surface area contributed by atoms with Crippen molar-refractivity contribution in [2.45, 2.75) is 18.8 Å². The molecule has 0 spiro atoms. The first-order valence-corrected chi connectivity index (χ1v) is 7.23. The number of nitrogens with one attached hydrogen (secondary N) is 1. The lowest BCUT2D eigenvalue weighted by Gasteiger charge is -2.27.